The maximum absolute atomic E-state index is 4.61. The van der Waals surface area contributed by atoms with E-state index in [2.05, 4.69) is 123 Å². The minimum atomic E-state index is 1.02. The Hall–Kier alpha value is -4.41. The quantitative estimate of drug-likeness (QED) is 0.251. The van der Waals surface area contributed by atoms with E-state index >= 15 is 0 Å². The lowest BCUT2D eigenvalue weighted by Gasteiger charge is -2.10. The molecule has 0 aliphatic heterocycles. The van der Waals surface area contributed by atoms with Crippen molar-refractivity contribution < 1.29 is 0 Å². The molecular formula is C31H19N3S. The molecule has 0 saturated carbocycles. The number of rotatable bonds is 2. The number of hydrogen-bond acceptors (Lipinski definition) is 2. The van der Waals surface area contributed by atoms with Gasteiger partial charge in [0.25, 0.3) is 0 Å². The van der Waals surface area contributed by atoms with Crippen molar-refractivity contribution in [2.45, 2.75) is 0 Å². The summed E-state index contributed by atoms with van der Waals surface area (Å²) in [6, 6.07) is 35.1. The maximum Gasteiger partial charge on any atom is 0.145 e. The molecule has 0 spiro atoms. The Balaban J connectivity index is 1.40. The largest absolute Gasteiger partial charge is 0.309 e. The zero-order valence-electron chi connectivity index (χ0n) is 18.7. The molecule has 0 aliphatic carbocycles. The number of hydrogen-bond donors (Lipinski definition) is 0. The van der Waals surface area contributed by atoms with Crippen molar-refractivity contribution in [3.8, 4) is 16.8 Å². The second-order valence-corrected chi connectivity index (χ2v) is 9.85. The van der Waals surface area contributed by atoms with Gasteiger partial charge in [0.15, 0.2) is 0 Å². The third kappa shape index (κ3) is 2.63. The van der Waals surface area contributed by atoms with Crippen molar-refractivity contribution in [2.75, 3.05) is 0 Å². The molecule has 35 heavy (non-hydrogen) atoms. The van der Waals surface area contributed by atoms with E-state index < -0.39 is 0 Å². The molecule has 0 bridgehead atoms. The van der Waals surface area contributed by atoms with Gasteiger partial charge in [-0.2, -0.15) is 0 Å². The molecule has 0 amide bonds. The second kappa shape index (κ2) is 7.05. The van der Waals surface area contributed by atoms with E-state index in [1.165, 1.54) is 59.6 Å². The fourth-order valence-electron chi connectivity index (χ4n) is 5.51. The maximum atomic E-state index is 4.61. The molecule has 8 rings (SSSR count). The molecule has 0 aliphatic rings. The first-order valence-electron chi connectivity index (χ1n) is 11.7. The van der Waals surface area contributed by atoms with Crippen LogP contribution in [0.3, 0.4) is 0 Å². The van der Waals surface area contributed by atoms with Gasteiger partial charge in [0.1, 0.15) is 5.65 Å². The van der Waals surface area contributed by atoms with Crippen molar-refractivity contribution in [1.82, 2.24) is 14.0 Å². The predicted molar refractivity (Wildman–Crippen MR) is 148 cm³/mol. The van der Waals surface area contributed by atoms with Crippen LogP contribution in [0, 0.1) is 0 Å². The molecule has 4 aromatic carbocycles. The van der Waals surface area contributed by atoms with Crippen LogP contribution in [0.2, 0.25) is 0 Å². The van der Waals surface area contributed by atoms with Gasteiger partial charge in [-0.05, 0) is 65.0 Å². The van der Waals surface area contributed by atoms with Crippen molar-refractivity contribution in [3.63, 3.8) is 0 Å². The van der Waals surface area contributed by atoms with Gasteiger partial charge < -0.3 is 4.57 Å². The Kier molecular flexibility index (Phi) is 3.82. The first kappa shape index (κ1) is 19.0. The lowest BCUT2D eigenvalue weighted by molar-refractivity contribution is 1.18. The minimum Gasteiger partial charge on any atom is -0.309 e. The molecule has 4 aromatic heterocycles. The van der Waals surface area contributed by atoms with Gasteiger partial charge in [-0.25, -0.2) is 4.98 Å². The summed E-state index contributed by atoms with van der Waals surface area (Å²) in [5.74, 6) is 0. The molecule has 0 atom stereocenters. The first-order valence-corrected chi connectivity index (χ1v) is 12.6. The summed E-state index contributed by atoms with van der Waals surface area (Å²) in [5, 5.41) is 7.19. The Labute approximate surface area is 205 Å². The highest BCUT2D eigenvalue weighted by Gasteiger charge is 2.15. The second-order valence-electron chi connectivity index (χ2n) is 8.94. The van der Waals surface area contributed by atoms with E-state index in [0.29, 0.717) is 0 Å². The van der Waals surface area contributed by atoms with Gasteiger partial charge in [0.05, 0.1) is 16.6 Å². The number of imidazole rings is 1. The van der Waals surface area contributed by atoms with E-state index in [1.807, 2.05) is 6.20 Å². The van der Waals surface area contributed by atoms with E-state index in [0.717, 1.165) is 5.65 Å². The van der Waals surface area contributed by atoms with E-state index in [-0.39, 0.29) is 0 Å². The molecule has 3 nitrogen and oxygen atoms in total. The molecule has 0 N–H and O–H groups in total. The van der Waals surface area contributed by atoms with E-state index in [9.17, 15) is 0 Å². The van der Waals surface area contributed by atoms with Crippen LogP contribution in [0.15, 0.2) is 115 Å². The summed E-state index contributed by atoms with van der Waals surface area (Å²) >= 11 is 1.79. The summed E-state index contributed by atoms with van der Waals surface area (Å²) < 4.78 is 5.85. The molecule has 164 valence electrons. The van der Waals surface area contributed by atoms with Crippen LogP contribution in [0.1, 0.15) is 0 Å². The van der Waals surface area contributed by atoms with Crippen LogP contribution in [-0.4, -0.2) is 14.0 Å². The summed E-state index contributed by atoms with van der Waals surface area (Å²) in [4.78, 5) is 4.61. The third-order valence-electron chi connectivity index (χ3n) is 7.07. The average Bonchev–Trinajstić information content (AvgIpc) is 3.66. The van der Waals surface area contributed by atoms with Gasteiger partial charge in [0.2, 0.25) is 0 Å². The molecule has 0 unspecified atom stereocenters. The zero-order chi connectivity index (χ0) is 22.9. The van der Waals surface area contributed by atoms with Gasteiger partial charge in [-0.15, -0.1) is 11.3 Å². The summed E-state index contributed by atoms with van der Waals surface area (Å²) in [5.41, 5.74) is 8.31. The average molecular weight is 466 g/mol. The minimum absolute atomic E-state index is 1.02. The highest BCUT2D eigenvalue weighted by atomic mass is 32.1. The molecule has 4 heterocycles. The van der Waals surface area contributed by atoms with Gasteiger partial charge in [-0.1, -0.05) is 48.5 Å². The molecule has 4 heteroatoms. The smallest absolute Gasteiger partial charge is 0.145 e. The first-order chi connectivity index (χ1) is 17.4. The molecular weight excluding hydrogens is 446 g/mol. The fraction of sp³-hybridized carbons (Fsp3) is 0. The number of aromatic nitrogens is 3. The van der Waals surface area contributed by atoms with Gasteiger partial charge in [-0.3, -0.25) is 4.40 Å². The predicted octanol–water partition coefficient (Wildman–Crippen LogP) is 8.47. The van der Waals surface area contributed by atoms with Crippen molar-refractivity contribution in [1.29, 1.82) is 0 Å². The van der Waals surface area contributed by atoms with Crippen LogP contribution in [0.4, 0.5) is 0 Å². The van der Waals surface area contributed by atoms with Gasteiger partial charge >= 0.3 is 0 Å². The highest BCUT2D eigenvalue weighted by Crippen LogP contribution is 2.38. The molecule has 0 radical (unpaired) electrons. The van der Waals surface area contributed by atoms with E-state index in [4.69, 9.17) is 0 Å². The zero-order valence-corrected chi connectivity index (χ0v) is 19.5. The lowest BCUT2D eigenvalue weighted by atomic mass is 10.0. The molecule has 0 fully saturated rings. The van der Waals surface area contributed by atoms with Crippen LogP contribution >= 0.6 is 11.3 Å². The lowest BCUT2D eigenvalue weighted by Crippen LogP contribution is -1.93. The Bertz CT molecular complexity index is 2060. The summed E-state index contributed by atoms with van der Waals surface area (Å²) in [6.07, 6.45) is 3.94. The van der Waals surface area contributed by atoms with Crippen molar-refractivity contribution >= 4 is 59.8 Å². The van der Waals surface area contributed by atoms with E-state index in [1.54, 1.807) is 11.3 Å². The number of pyridine rings is 1. The van der Waals surface area contributed by atoms with Gasteiger partial charge in [0, 0.05) is 44.3 Å². The number of thiophene rings is 1. The number of para-hydroxylation sites is 2. The number of nitrogens with zero attached hydrogens (tertiary/aromatic N) is 3. The number of benzene rings is 4. The Morgan fingerprint density at radius 1 is 0.600 bits per heavy atom. The van der Waals surface area contributed by atoms with Crippen molar-refractivity contribution in [2.24, 2.45) is 0 Å². The van der Waals surface area contributed by atoms with Crippen LogP contribution < -0.4 is 0 Å². The summed E-state index contributed by atoms with van der Waals surface area (Å²) in [7, 11) is 0. The topological polar surface area (TPSA) is 22.2 Å². The SMILES string of the molecule is c1ccc(-n2c3ccccc3c3cc(-c4ccc5c(c4)c4sccc4c4nccn54)ccc32)cc1. The van der Waals surface area contributed by atoms with Crippen LogP contribution in [0.5, 0.6) is 0 Å². The number of fused-ring (bicyclic) bond motifs is 9. The summed E-state index contributed by atoms with van der Waals surface area (Å²) in [6.45, 7) is 0. The van der Waals surface area contributed by atoms with Crippen molar-refractivity contribution in [3.05, 3.63) is 115 Å². The molecule has 0 saturated heterocycles. The standard InChI is InChI=1S/C31H19N3S/c1-2-6-22(7-3-1)34-28-9-5-4-8-23(28)25-18-20(11-13-29(25)34)21-10-12-27-26(19-21)30-24(14-17-35-30)31-32-15-16-33(27)31/h1-19H. The molecule has 8 aromatic rings. The Morgan fingerprint density at radius 2 is 1.34 bits per heavy atom. The monoisotopic (exact) mass is 465 g/mol. The normalized spacial score (nSPS) is 12.0. The highest BCUT2D eigenvalue weighted by molar-refractivity contribution is 7.18. The fourth-order valence-corrected chi connectivity index (χ4v) is 6.42. The Morgan fingerprint density at radius 3 is 2.23 bits per heavy atom. The van der Waals surface area contributed by atoms with Crippen LogP contribution in [0.25, 0.3) is 65.3 Å². The third-order valence-corrected chi connectivity index (χ3v) is 8.02. The van der Waals surface area contributed by atoms with Crippen LogP contribution in [-0.2, 0) is 0 Å².